The van der Waals surface area contributed by atoms with Gasteiger partial charge in [0, 0.05) is 10.6 Å². The molecule has 1 aromatic rings. The number of hydrogen-bond donors (Lipinski definition) is 1. The topological polar surface area (TPSA) is 32.6 Å². The van der Waals surface area contributed by atoms with Crippen LogP contribution in [0.25, 0.3) is 0 Å². The Hall–Kier alpha value is -1.02. The maximum atomic E-state index is 8.77. The number of nitrogens with zero attached hydrogens (tertiary/aromatic N) is 1. The van der Waals surface area contributed by atoms with E-state index in [9.17, 15) is 0 Å². The average molecular weight is 196 g/mol. The quantitative estimate of drug-likeness (QED) is 0.501. The van der Waals surface area contributed by atoms with Crippen LogP contribution in [-0.2, 0) is 6.42 Å². The minimum Gasteiger partial charge on any atom is -0.411 e. The molecular formula is C10H10ClNO. The van der Waals surface area contributed by atoms with Crippen LogP contribution >= 0.6 is 11.6 Å². The lowest BCUT2D eigenvalue weighted by Crippen LogP contribution is -2.12. The van der Waals surface area contributed by atoms with Gasteiger partial charge in [-0.05, 0) is 30.9 Å². The van der Waals surface area contributed by atoms with E-state index in [-0.39, 0.29) is 0 Å². The van der Waals surface area contributed by atoms with Crippen molar-refractivity contribution in [1.82, 2.24) is 0 Å². The molecule has 0 radical (unpaired) electrons. The van der Waals surface area contributed by atoms with E-state index in [4.69, 9.17) is 16.8 Å². The molecule has 1 aliphatic rings. The van der Waals surface area contributed by atoms with E-state index < -0.39 is 0 Å². The summed E-state index contributed by atoms with van der Waals surface area (Å²) in [6.07, 6.45) is 2.83. The third-order valence-corrected chi connectivity index (χ3v) is 2.74. The van der Waals surface area contributed by atoms with Gasteiger partial charge in [-0.2, -0.15) is 0 Å². The zero-order valence-electron chi connectivity index (χ0n) is 7.13. The molecule has 0 bridgehead atoms. The lowest BCUT2D eigenvalue weighted by Gasteiger charge is -2.17. The molecule has 0 saturated carbocycles. The Morgan fingerprint density at radius 2 is 2.15 bits per heavy atom. The molecule has 1 N–H and O–H groups in total. The fourth-order valence-electron chi connectivity index (χ4n) is 1.75. The summed E-state index contributed by atoms with van der Waals surface area (Å²) in [6, 6.07) is 5.72. The molecule has 1 aromatic carbocycles. The van der Waals surface area contributed by atoms with Gasteiger partial charge in [0.1, 0.15) is 0 Å². The molecule has 0 saturated heterocycles. The number of benzene rings is 1. The summed E-state index contributed by atoms with van der Waals surface area (Å²) in [5.74, 6) is 0. The maximum absolute atomic E-state index is 8.77. The molecule has 0 atom stereocenters. The van der Waals surface area contributed by atoms with E-state index in [0.717, 1.165) is 41.1 Å². The van der Waals surface area contributed by atoms with Gasteiger partial charge in [-0.3, -0.25) is 0 Å². The number of oxime groups is 1. The molecule has 0 heterocycles. The fourth-order valence-corrected chi connectivity index (χ4v) is 2.02. The Bertz CT molecular complexity index is 360. The highest BCUT2D eigenvalue weighted by molar-refractivity contribution is 6.32. The van der Waals surface area contributed by atoms with Crippen molar-refractivity contribution in [3.63, 3.8) is 0 Å². The molecule has 1 aliphatic carbocycles. The normalized spacial score (nSPS) is 18.7. The number of hydrogen-bond acceptors (Lipinski definition) is 2. The summed E-state index contributed by atoms with van der Waals surface area (Å²) in [7, 11) is 0. The van der Waals surface area contributed by atoms with Crippen LogP contribution in [0.1, 0.15) is 24.0 Å². The molecule has 0 fully saturated rings. The minimum atomic E-state index is 0.753. The first-order valence-corrected chi connectivity index (χ1v) is 4.69. The van der Waals surface area contributed by atoms with E-state index >= 15 is 0 Å². The smallest absolute Gasteiger partial charge is 0.0871 e. The van der Waals surface area contributed by atoms with Crippen molar-refractivity contribution in [3.8, 4) is 0 Å². The Labute approximate surface area is 81.8 Å². The lowest BCUT2D eigenvalue weighted by molar-refractivity contribution is 0.317. The summed E-state index contributed by atoms with van der Waals surface area (Å²) in [5, 5.41) is 12.8. The average Bonchev–Trinajstić information content (AvgIpc) is 2.18. The van der Waals surface area contributed by atoms with E-state index in [1.165, 1.54) is 0 Å². The highest BCUT2D eigenvalue weighted by Gasteiger charge is 2.17. The molecule has 13 heavy (non-hydrogen) atoms. The van der Waals surface area contributed by atoms with Gasteiger partial charge in [0.15, 0.2) is 0 Å². The van der Waals surface area contributed by atoms with Gasteiger partial charge < -0.3 is 5.21 Å². The first-order valence-electron chi connectivity index (χ1n) is 4.31. The Kier molecular flexibility index (Phi) is 2.23. The summed E-state index contributed by atoms with van der Waals surface area (Å²) < 4.78 is 0. The second kappa shape index (κ2) is 3.38. The van der Waals surface area contributed by atoms with Gasteiger partial charge in [0.25, 0.3) is 0 Å². The number of rotatable bonds is 0. The minimum absolute atomic E-state index is 0.753. The highest BCUT2D eigenvalue weighted by Crippen LogP contribution is 2.27. The maximum Gasteiger partial charge on any atom is 0.0871 e. The van der Waals surface area contributed by atoms with Gasteiger partial charge in [-0.25, -0.2) is 0 Å². The van der Waals surface area contributed by atoms with E-state index in [1.807, 2.05) is 18.2 Å². The van der Waals surface area contributed by atoms with Crippen LogP contribution in [-0.4, -0.2) is 10.9 Å². The van der Waals surface area contributed by atoms with Crippen LogP contribution in [0.5, 0.6) is 0 Å². The van der Waals surface area contributed by atoms with Crippen molar-refractivity contribution in [2.24, 2.45) is 5.16 Å². The van der Waals surface area contributed by atoms with Gasteiger partial charge in [0.2, 0.25) is 0 Å². The number of halogens is 1. The molecule has 0 spiro atoms. The molecule has 0 aliphatic heterocycles. The second-order valence-corrected chi connectivity index (χ2v) is 3.57. The highest BCUT2D eigenvalue weighted by atomic mass is 35.5. The molecule has 0 unspecified atom stereocenters. The van der Waals surface area contributed by atoms with Crippen molar-refractivity contribution in [3.05, 3.63) is 34.3 Å². The number of fused-ring (bicyclic) bond motifs is 1. The Morgan fingerprint density at radius 3 is 2.92 bits per heavy atom. The third kappa shape index (κ3) is 1.42. The van der Waals surface area contributed by atoms with Crippen LogP contribution in [0.15, 0.2) is 23.4 Å². The summed E-state index contributed by atoms with van der Waals surface area (Å²) in [4.78, 5) is 0. The lowest BCUT2D eigenvalue weighted by atomic mass is 9.90. The molecule has 68 valence electrons. The summed E-state index contributed by atoms with van der Waals surface area (Å²) >= 11 is 6.03. The van der Waals surface area contributed by atoms with Crippen LogP contribution in [0.3, 0.4) is 0 Å². The zero-order chi connectivity index (χ0) is 9.26. The summed E-state index contributed by atoms with van der Waals surface area (Å²) in [5.41, 5.74) is 2.87. The first kappa shape index (κ1) is 8.57. The van der Waals surface area contributed by atoms with Gasteiger partial charge in [-0.1, -0.05) is 28.9 Å². The van der Waals surface area contributed by atoms with Crippen LogP contribution < -0.4 is 0 Å². The SMILES string of the molecule is O/N=C1/CCCc2c(Cl)cccc21. The predicted molar refractivity (Wildman–Crippen MR) is 52.7 cm³/mol. The van der Waals surface area contributed by atoms with E-state index in [0.29, 0.717) is 0 Å². The fraction of sp³-hybridized carbons (Fsp3) is 0.300. The van der Waals surface area contributed by atoms with Crippen molar-refractivity contribution in [2.45, 2.75) is 19.3 Å². The standard InChI is InChI=1S/C10H10ClNO/c11-9-5-1-4-8-7(9)3-2-6-10(8)12-13/h1,4-5,13H,2-3,6H2/b12-10-. The second-order valence-electron chi connectivity index (χ2n) is 3.17. The monoisotopic (exact) mass is 195 g/mol. The van der Waals surface area contributed by atoms with E-state index in [1.54, 1.807) is 0 Å². The summed E-state index contributed by atoms with van der Waals surface area (Å²) in [6.45, 7) is 0. The predicted octanol–water partition coefficient (Wildman–Crippen LogP) is 2.85. The largest absolute Gasteiger partial charge is 0.411 e. The van der Waals surface area contributed by atoms with Crippen molar-refractivity contribution >= 4 is 17.3 Å². The molecule has 0 amide bonds. The molecular weight excluding hydrogens is 186 g/mol. The van der Waals surface area contributed by atoms with E-state index in [2.05, 4.69) is 5.16 Å². The van der Waals surface area contributed by atoms with Gasteiger partial charge >= 0.3 is 0 Å². The van der Waals surface area contributed by atoms with Crippen molar-refractivity contribution in [2.75, 3.05) is 0 Å². The van der Waals surface area contributed by atoms with Gasteiger partial charge in [-0.15, -0.1) is 0 Å². The van der Waals surface area contributed by atoms with Crippen molar-refractivity contribution < 1.29 is 5.21 Å². The molecule has 2 nitrogen and oxygen atoms in total. The van der Waals surface area contributed by atoms with Crippen molar-refractivity contribution in [1.29, 1.82) is 0 Å². The molecule has 0 aromatic heterocycles. The molecule has 2 rings (SSSR count). The Balaban J connectivity index is 2.58. The third-order valence-electron chi connectivity index (χ3n) is 2.39. The van der Waals surface area contributed by atoms with Crippen LogP contribution in [0, 0.1) is 0 Å². The first-order chi connectivity index (χ1) is 6.33. The van der Waals surface area contributed by atoms with Crippen LogP contribution in [0.2, 0.25) is 5.02 Å². The Morgan fingerprint density at radius 1 is 1.31 bits per heavy atom. The van der Waals surface area contributed by atoms with Crippen LogP contribution in [0.4, 0.5) is 0 Å². The molecule has 3 heteroatoms. The zero-order valence-corrected chi connectivity index (χ0v) is 7.88. The van der Waals surface area contributed by atoms with Gasteiger partial charge in [0.05, 0.1) is 5.71 Å².